The molecule has 0 atom stereocenters. The molecule has 0 aromatic heterocycles. The highest BCUT2D eigenvalue weighted by molar-refractivity contribution is 5.93. The second-order valence-corrected chi connectivity index (χ2v) is 5.59. The third-order valence-electron chi connectivity index (χ3n) is 3.69. The first-order valence-corrected chi connectivity index (χ1v) is 7.87. The number of likely N-dealkylation sites (N-methyl/N-ethyl adjacent to an activating group) is 1. The largest absolute Gasteiger partial charge is 0.485 e. The molecule has 0 saturated carbocycles. The van der Waals surface area contributed by atoms with Crippen molar-refractivity contribution in [2.24, 2.45) is 0 Å². The highest BCUT2D eigenvalue weighted by atomic mass is 16.6. The molecule has 2 rings (SSSR count). The zero-order chi connectivity index (χ0) is 18.2. The molecule has 0 fully saturated rings. The van der Waals surface area contributed by atoms with Gasteiger partial charge in [0.1, 0.15) is 6.61 Å². The summed E-state index contributed by atoms with van der Waals surface area (Å²) in [5, 5.41) is 13.5. The van der Waals surface area contributed by atoms with E-state index >= 15 is 0 Å². The Morgan fingerprint density at radius 2 is 1.88 bits per heavy atom. The molecule has 2 aromatic carbocycles. The molecule has 0 aliphatic rings. The normalized spacial score (nSPS) is 10.5. The predicted molar refractivity (Wildman–Crippen MR) is 94.8 cm³/mol. The van der Waals surface area contributed by atoms with E-state index in [1.807, 2.05) is 24.1 Å². The summed E-state index contributed by atoms with van der Waals surface area (Å²) >= 11 is 0. The molecule has 1 N–H and O–H groups in total. The number of nitro groups is 1. The second kappa shape index (κ2) is 8.79. The van der Waals surface area contributed by atoms with Crippen molar-refractivity contribution in [2.45, 2.75) is 6.54 Å². The highest BCUT2D eigenvalue weighted by Crippen LogP contribution is 2.25. The summed E-state index contributed by atoms with van der Waals surface area (Å²) in [5.74, 6) is 0.161. The van der Waals surface area contributed by atoms with E-state index in [9.17, 15) is 14.9 Å². The van der Waals surface area contributed by atoms with E-state index in [1.165, 1.54) is 6.07 Å². The topological polar surface area (TPSA) is 84.7 Å². The average Bonchev–Trinajstić information content (AvgIpc) is 2.62. The standard InChI is InChI=1S/C18H21N3O4/c1-19-18(22)15-9-7-14(8-10-15)13-20(2)11-12-25-17-6-4-3-5-16(17)21(23)24/h3-10H,11-13H2,1-2H3,(H,19,22). The van der Waals surface area contributed by atoms with Crippen LogP contribution in [0.4, 0.5) is 5.69 Å². The molecule has 7 nitrogen and oxygen atoms in total. The van der Waals surface area contributed by atoms with Gasteiger partial charge in [-0.3, -0.25) is 19.8 Å². The summed E-state index contributed by atoms with van der Waals surface area (Å²) in [6, 6.07) is 13.7. The summed E-state index contributed by atoms with van der Waals surface area (Å²) in [4.78, 5) is 24.1. The number of carbonyl (C=O) groups is 1. The molecule has 1 amide bonds. The quantitative estimate of drug-likeness (QED) is 0.588. The number of hydrogen-bond acceptors (Lipinski definition) is 5. The molecule has 0 aliphatic carbocycles. The van der Waals surface area contributed by atoms with Crippen LogP contribution in [0.25, 0.3) is 0 Å². The Labute approximate surface area is 146 Å². The number of nitro benzene ring substituents is 1. The fraction of sp³-hybridized carbons (Fsp3) is 0.278. The van der Waals surface area contributed by atoms with E-state index in [0.717, 1.165) is 5.56 Å². The Hall–Kier alpha value is -2.93. The molecule has 0 bridgehead atoms. The summed E-state index contributed by atoms with van der Waals surface area (Å²) in [6.07, 6.45) is 0. The van der Waals surface area contributed by atoms with Gasteiger partial charge in [0.15, 0.2) is 5.75 Å². The summed E-state index contributed by atoms with van der Waals surface area (Å²) in [6.45, 7) is 1.65. The Morgan fingerprint density at radius 1 is 1.20 bits per heavy atom. The van der Waals surface area contributed by atoms with Gasteiger partial charge in [-0.1, -0.05) is 24.3 Å². The van der Waals surface area contributed by atoms with Crippen LogP contribution in [0.5, 0.6) is 5.75 Å². The molecular formula is C18H21N3O4. The van der Waals surface area contributed by atoms with E-state index in [0.29, 0.717) is 25.3 Å². The van der Waals surface area contributed by atoms with Crippen LogP contribution in [0.2, 0.25) is 0 Å². The molecule has 2 aromatic rings. The van der Waals surface area contributed by atoms with Gasteiger partial charge in [-0.2, -0.15) is 0 Å². The van der Waals surface area contributed by atoms with E-state index in [-0.39, 0.29) is 17.3 Å². The van der Waals surface area contributed by atoms with Gasteiger partial charge in [-0.25, -0.2) is 0 Å². The summed E-state index contributed by atoms with van der Waals surface area (Å²) in [7, 11) is 3.54. The van der Waals surface area contributed by atoms with Gasteiger partial charge in [0.25, 0.3) is 5.91 Å². The van der Waals surface area contributed by atoms with Gasteiger partial charge in [0.05, 0.1) is 4.92 Å². The number of nitrogens with zero attached hydrogens (tertiary/aromatic N) is 2. The highest BCUT2D eigenvalue weighted by Gasteiger charge is 2.13. The Bertz CT molecular complexity index is 731. The van der Waals surface area contributed by atoms with Crippen LogP contribution in [0.3, 0.4) is 0 Å². The minimum absolute atomic E-state index is 0.0325. The van der Waals surface area contributed by atoms with Crippen molar-refractivity contribution in [3.05, 3.63) is 69.8 Å². The zero-order valence-electron chi connectivity index (χ0n) is 14.3. The molecule has 0 saturated heterocycles. The molecule has 0 unspecified atom stereocenters. The maximum absolute atomic E-state index is 11.5. The van der Waals surface area contributed by atoms with Gasteiger partial charge < -0.3 is 10.1 Å². The van der Waals surface area contributed by atoms with Gasteiger partial charge in [0, 0.05) is 31.8 Å². The van der Waals surface area contributed by atoms with Crippen molar-refractivity contribution in [1.82, 2.24) is 10.2 Å². The summed E-state index contributed by atoms with van der Waals surface area (Å²) in [5.41, 5.74) is 1.66. The van der Waals surface area contributed by atoms with Gasteiger partial charge in [0.2, 0.25) is 0 Å². The monoisotopic (exact) mass is 343 g/mol. The number of para-hydroxylation sites is 2. The Balaban J connectivity index is 1.84. The van der Waals surface area contributed by atoms with Gasteiger partial charge in [-0.05, 0) is 30.8 Å². The summed E-state index contributed by atoms with van der Waals surface area (Å²) < 4.78 is 5.54. The lowest BCUT2D eigenvalue weighted by Gasteiger charge is -2.17. The number of rotatable bonds is 8. The van der Waals surface area contributed by atoms with Gasteiger partial charge >= 0.3 is 5.69 Å². The Kier molecular flexibility index (Phi) is 6.47. The van der Waals surface area contributed by atoms with Crippen LogP contribution in [-0.4, -0.2) is 43.0 Å². The fourth-order valence-corrected chi connectivity index (χ4v) is 2.34. The number of amides is 1. The van der Waals surface area contributed by atoms with Crippen LogP contribution >= 0.6 is 0 Å². The second-order valence-electron chi connectivity index (χ2n) is 5.59. The fourth-order valence-electron chi connectivity index (χ4n) is 2.34. The maximum atomic E-state index is 11.5. The third-order valence-corrected chi connectivity index (χ3v) is 3.69. The smallest absolute Gasteiger partial charge is 0.310 e. The average molecular weight is 343 g/mol. The molecule has 7 heteroatoms. The Morgan fingerprint density at radius 3 is 2.52 bits per heavy atom. The van der Waals surface area contributed by atoms with Crippen molar-refractivity contribution in [2.75, 3.05) is 27.2 Å². The predicted octanol–water partition coefficient (Wildman–Crippen LogP) is 2.47. The number of hydrogen-bond donors (Lipinski definition) is 1. The molecule has 0 radical (unpaired) electrons. The van der Waals surface area contributed by atoms with Crippen molar-refractivity contribution in [1.29, 1.82) is 0 Å². The van der Waals surface area contributed by atoms with E-state index in [2.05, 4.69) is 5.32 Å². The van der Waals surface area contributed by atoms with E-state index in [4.69, 9.17) is 4.74 Å². The SMILES string of the molecule is CNC(=O)c1ccc(CN(C)CCOc2ccccc2[N+](=O)[O-])cc1. The van der Waals surface area contributed by atoms with Crippen LogP contribution in [0.15, 0.2) is 48.5 Å². The lowest BCUT2D eigenvalue weighted by molar-refractivity contribution is -0.385. The number of ether oxygens (including phenoxy) is 1. The molecule has 0 spiro atoms. The molecular weight excluding hydrogens is 322 g/mol. The van der Waals surface area contributed by atoms with Crippen molar-refractivity contribution >= 4 is 11.6 Å². The first kappa shape index (κ1) is 18.4. The minimum Gasteiger partial charge on any atom is -0.485 e. The van der Waals surface area contributed by atoms with Crippen LogP contribution < -0.4 is 10.1 Å². The third kappa shape index (κ3) is 5.29. The van der Waals surface area contributed by atoms with E-state index in [1.54, 1.807) is 37.4 Å². The first-order valence-electron chi connectivity index (χ1n) is 7.87. The molecule has 132 valence electrons. The molecule has 25 heavy (non-hydrogen) atoms. The van der Waals surface area contributed by atoms with Crippen molar-refractivity contribution < 1.29 is 14.5 Å². The number of benzene rings is 2. The van der Waals surface area contributed by atoms with Crippen LogP contribution in [0.1, 0.15) is 15.9 Å². The van der Waals surface area contributed by atoms with Crippen molar-refractivity contribution in [3.8, 4) is 5.75 Å². The maximum Gasteiger partial charge on any atom is 0.310 e. The zero-order valence-corrected chi connectivity index (χ0v) is 14.3. The number of nitrogens with one attached hydrogen (secondary N) is 1. The lowest BCUT2D eigenvalue weighted by Crippen LogP contribution is -2.24. The number of carbonyl (C=O) groups excluding carboxylic acids is 1. The lowest BCUT2D eigenvalue weighted by atomic mass is 10.1. The molecule has 0 heterocycles. The van der Waals surface area contributed by atoms with Crippen LogP contribution in [0, 0.1) is 10.1 Å². The minimum atomic E-state index is -0.451. The van der Waals surface area contributed by atoms with Crippen molar-refractivity contribution in [3.63, 3.8) is 0 Å². The first-order chi connectivity index (χ1) is 12.0. The molecule has 0 aliphatic heterocycles. The van der Waals surface area contributed by atoms with Crippen LogP contribution in [-0.2, 0) is 6.54 Å². The van der Waals surface area contributed by atoms with Gasteiger partial charge in [-0.15, -0.1) is 0 Å². The van der Waals surface area contributed by atoms with E-state index < -0.39 is 4.92 Å².